The van der Waals surface area contributed by atoms with Gasteiger partial charge >= 0.3 is 0 Å². The number of hydrogen-bond donors (Lipinski definition) is 1. The molecule has 0 bridgehead atoms. The number of hydrogen-bond acceptors (Lipinski definition) is 5. The van der Waals surface area contributed by atoms with Crippen molar-refractivity contribution in [3.63, 3.8) is 0 Å². The Balaban J connectivity index is 1.37. The third-order valence-electron chi connectivity index (χ3n) is 5.99. The van der Waals surface area contributed by atoms with E-state index in [2.05, 4.69) is 9.88 Å². The number of carbonyl (C=O) groups excluding carboxylic acids is 1. The van der Waals surface area contributed by atoms with Crippen LogP contribution in [0.5, 0.6) is 11.5 Å². The van der Waals surface area contributed by atoms with Gasteiger partial charge in [0, 0.05) is 48.7 Å². The lowest BCUT2D eigenvalue weighted by molar-refractivity contribution is 0.102. The average molecular weight is 468 g/mol. The van der Waals surface area contributed by atoms with Crippen molar-refractivity contribution in [2.75, 3.05) is 25.1 Å². The van der Waals surface area contributed by atoms with Gasteiger partial charge in [0.15, 0.2) is 11.5 Å². The van der Waals surface area contributed by atoms with Crippen LogP contribution in [0.1, 0.15) is 35.4 Å². The number of aromatic nitrogens is 1. The van der Waals surface area contributed by atoms with Crippen molar-refractivity contribution in [1.29, 1.82) is 0 Å². The number of nitrogens with zero attached hydrogens (tertiary/aromatic N) is 2. The molecule has 3 heterocycles. The molecule has 0 saturated carbocycles. The van der Waals surface area contributed by atoms with E-state index in [4.69, 9.17) is 9.47 Å². The summed E-state index contributed by atoms with van der Waals surface area (Å²) in [5, 5.41) is 2.82. The van der Waals surface area contributed by atoms with Crippen molar-refractivity contribution >= 4 is 21.6 Å². The zero-order valence-corrected chi connectivity index (χ0v) is 19.0. The Morgan fingerprint density at radius 2 is 1.82 bits per heavy atom. The molecule has 1 aromatic heterocycles. The number of carbonyl (C=O) groups is 1. The van der Waals surface area contributed by atoms with Crippen LogP contribution in [-0.2, 0) is 16.6 Å². The van der Waals surface area contributed by atoms with E-state index in [0.29, 0.717) is 43.5 Å². The maximum Gasteiger partial charge on any atom is 0.255 e. The molecule has 1 amide bonds. The van der Waals surface area contributed by atoms with Gasteiger partial charge in [0.05, 0.1) is 24.2 Å². The third kappa shape index (κ3) is 4.09. The number of benzene rings is 2. The fourth-order valence-corrected chi connectivity index (χ4v) is 5.91. The van der Waals surface area contributed by atoms with Crippen molar-refractivity contribution < 1.29 is 22.7 Å². The van der Waals surface area contributed by atoms with Crippen LogP contribution in [-0.4, -0.2) is 43.0 Å². The molecule has 3 aromatic rings. The Hall–Kier alpha value is -3.30. The number of amides is 1. The zero-order valence-electron chi connectivity index (χ0n) is 18.2. The van der Waals surface area contributed by atoms with Crippen molar-refractivity contribution in [2.45, 2.75) is 30.8 Å². The number of sulfonamides is 1. The van der Waals surface area contributed by atoms with Gasteiger partial charge in [-0.05, 0) is 49.4 Å². The van der Waals surface area contributed by atoms with E-state index in [1.54, 1.807) is 30.3 Å². The van der Waals surface area contributed by atoms with Crippen LogP contribution in [0, 0.1) is 0 Å². The van der Waals surface area contributed by atoms with Gasteiger partial charge in [0.2, 0.25) is 10.0 Å². The summed E-state index contributed by atoms with van der Waals surface area (Å²) in [6.07, 6.45) is 2.75. The minimum Gasteiger partial charge on any atom is -0.490 e. The lowest BCUT2D eigenvalue weighted by Gasteiger charge is -2.33. The highest BCUT2D eigenvalue weighted by atomic mass is 32.2. The van der Waals surface area contributed by atoms with Gasteiger partial charge in [-0.1, -0.05) is 6.07 Å². The quantitative estimate of drug-likeness (QED) is 0.632. The van der Waals surface area contributed by atoms with Crippen LogP contribution in [0.25, 0.3) is 0 Å². The minimum atomic E-state index is -3.77. The first-order chi connectivity index (χ1) is 15.9. The van der Waals surface area contributed by atoms with Crippen LogP contribution in [0.4, 0.5) is 5.69 Å². The van der Waals surface area contributed by atoms with Gasteiger partial charge in [-0.15, -0.1) is 0 Å². The molecule has 0 aliphatic carbocycles. The van der Waals surface area contributed by atoms with E-state index in [9.17, 15) is 13.2 Å². The molecule has 172 valence electrons. The summed E-state index contributed by atoms with van der Waals surface area (Å²) >= 11 is 0. The number of rotatable bonds is 4. The largest absolute Gasteiger partial charge is 0.490 e. The van der Waals surface area contributed by atoms with Crippen molar-refractivity contribution in [1.82, 2.24) is 8.87 Å². The fraction of sp³-hybridized carbons (Fsp3) is 0.292. The molecule has 0 unspecified atom stereocenters. The molecule has 5 rings (SSSR count). The van der Waals surface area contributed by atoms with Crippen LogP contribution in [0.15, 0.2) is 65.7 Å². The molecule has 2 aromatic carbocycles. The van der Waals surface area contributed by atoms with Crippen LogP contribution < -0.4 is 14.8 Å². The minimum absolute atomic E-state index is 0.0978. The second-order valence-corrected chi connectivity index (χ2v) is 10.0. The van der Waals surface area contributed by atoms with Gasteiger partial charge < -0.3 is 19.4 Å². The topological polar surface area (TPSA) is 89.9 Å². The first-order valence-electron chi connectivity index (χ1n) is 10.9. The van der Waals surface area contributed by atoms with Gasteiger partial charge in [0.1, 0.15) is 0 Å². The summed E-state index contributed by atoms with van der Waals surface area (Å²) in [5.74, 6) is 0.813. The molecule has 2 aliphatic heterocycles. The van der Waals surface area contributed by atoms with Gasteiger partial charge in [0.25, 0.3) is 5.91 Å². The fourth-order valence-electron chi connectivity index (χ4n) is 4.26. The Labute approximate surface area is 192 Å². The smallest absolute Gasteiger partial charge is 0.255 e. The lowest BCUT2D eigenvalue weighted by Crippen LogP contribution is -2.40. The lowest BCUT2D eigenvalue weighted by atomic mass is 10.2. The zero-order chi connectivity index (χ0) is 23.0. The number of anilines is 1. The molecular formula is C24H25N3O5S. The first kappa shape index (κ1) is 21.5. The summed E-state index contributed by atoms with van der Waals surface area (Å²) in [7, 11) is -3.77. The molecule has 0 saturated heterocycles. The predicted octanol–water partition coefficient (Wildman–Crippen LogP) is 3.67. The molecule has 0 radical (unpaired) electrons. The highest BCUT2D eigenvalue weighted by Gasteiger charge is 2.34. The Kier molecular flexibility index (Phi) is 5.59. The third-order valence-corrected chi connectivity index (χ3v) is 7.96. The normalized spacial score (nSPS) is 18.3. The summed E-state index contributed by atoms with van der Waals surface area (Å²) in [4.78, 5) is 13.0. The summed E-state index contributed by atoms with van der Waals surface area (Å²) in [5.41, 5.74) is 1.76. The Morgan fingerprint density at radius 1 is 1.00 bits per heavy atom. The van der Waals surface area contributed by atoms with Crippen molar-refractivity contribution in [3.8, 4) is 11.5 Å². The number of nitrogens with one attached hydrogen (secondary N) is 1. The molecule has 0 fully saturated rings. The molecule has 2 aliphatic rings. The Morgan fingerprint density at radius 3 is 2.67 bits per heavy atom. The SMILES string of the molecule is C[C@@H]1c2cccn2CCN1S(=O)(=O)c1cccc(C(=O)Nc2ccc3c(c2)OCCCO3)c1. The second kappa shape index (κ2) is 8.57. The first-order valence-corrected chi connectivity index (χ1v) is 12.4. The van der Waals surface area contributed by atoms with E-state index < -0.39 is 15.9 Å². The van der Waals surface area contributed by atoms with Gasteiger partial charge in [-0.3, -0.25) is 4.79 Å². The maximum absolute atomic E-state index is 13.4. The molecule has 0 spiro atoms. The molecular weight excluding hydrogens is 442 g/mol. The van der Waals surface area contributed by atoms with E-state index in [0.717, 1.165) is 12.1 Å². The van der Waals surface area contributed by atoms with Crippen LogP contribution >= 0.6 is 0 Å². The number of ether oxygens (including phenoxy) is 2. The summed E-state index contributed by atoms with van der Waals surface area (Å²) in [6, 6.07) is 14.9. The van der Waals surface area contributed by atoms with E-state index in [-0.39, 0.29) is 16.5 Å². The number of fused-ring (bicyclic) bond motifs is 2. The second-order valence-electron chi connectivity index (χ2n) is 8.11. The molecule has 33 heavy (non-hydrogen) atoms. The monoisotopic (exact) mass is 467 g/mol. The Bertz CT molecular complexity index is 1300. The van der Waals surface area contributed by atoms with Gasteiger partial charge in [-0.25, -0.2) is 8.42 Å². The maximum atomic E-state index is 13.4. The van der Waals surface area contributed by atoms with Crippen LogP contribution in [0.3, 0.4) is 0 Å². The average Bonchev–Trinajstić information content (AvgIpc) is 3.18. The molecule has 1 N–H and O–H groups in total. The van der Waals surface area contributed by atoms with Crippen LogP contribution in [0.2, 0.25) is 0 Å². The van der Waals surface area contributed by atoms with E-state index in [1.807, 2.05) is 25.3 Å². The highest BCUT2D eigenvalue weighted by molar-refractivity contribution is 7.89. The van der Waals surface area contributed by atoms with Crippen molar-refractivity contribution in [3.05, 3.63) is 72.1 Å². The standard InChI is InChI=1S/C24H25N3O5S/c1-17-21-7-3-10-26(21)11-12-27(17)33(29,30)20-6-2-5-18(15-20)24(28)25-19-8-9-22-23(16-19)32-14-4-13-31-22/h2-3,5-10,15-17H,4,11-14H2,1H3,(H,25,28)/t17-/m1/s1. The van der Waals surface area contributed by atoms with Crippen molar-refractivity contribution in [2.24, 2.45) is 0 Å². The van der Waals surface area contributed by atoms with E-state index in [1.165, 1.54) is 16.4 Å². The summed E-state index contributed by atoms with van der Waals surface area (Å²) < 4.78 is 41.7. The highest BCUT2D eigenvalue weighted by Crippen LogP contribution is 2.33. The molecule has 8 nitrogen and oxygen atoms in total. The molecule has 1 atom stereocenters. The molecule has 9 heteroatoms. The van der Waals surface area contributed by atoms with Gasteiger partial charge in [-0.2, -0.15) is 4.31 Å². The predicted molar refractivity (Wildman–Crippen MR) is 123 cm³/mol. The van der Waals surface area contributed by atoms with E-state index >= 15 is 0 Å². The summed E-state index contributed by atoms with van der Waals surface area (Å²) in [6.45, 7) is 3.98.